The highest BCUT2D eigenvalue weighted by Gasteiger charge is 2.25. The Morgan fingerprint density at radius 3 is 2.79 bits per heavy atom. The Bertz CT molecular complexity index is 737. The first-order valence-corrected chi connectivity index (χ1v) is 8.10. The summed E-state index contributed by atoms with van der Waals surface area (Å²) < 4.78 is 11.3. The Morgan fingerprint density at radius 1 is 1.25 bits per heavy atom. The Labute approximate surface area is 142 Å². The molecule has 2 heterocycles. The fraction of sp³-hybridized carbons (Fsp3) is 0.368. The molecule has 1 N–H and O–H groups in total. The summed E-state index contributed by atoms with van der Waals surface area (Å²) in [6.07, 6.45) is 2.08. The molecular weight excluding hydrogens is 304 g/mol. The largest absolute Gasteiger partial charge is 0.455 e. The van der Waals surface area contributed by atoms with Crippen molar-refractivity contribution in [3.05, 3.63) is 53.9 Å². The van der Waals surface area contributed by atoms with Crippen molar-refractivity contribution in [2.24, 2.45) is 0 Å². The van der Waals surface area contributed by atoms with Crippen LogP contribution in [-0.4, -0.2) is 23.2 Å². The van der Waals surface area contributed by atoms with Crippen molar-refractivity contribution in [2.45, 2.75) is 38.7 Å². The second-order valence-corrected chi connectivity index (χ2v) is 6.88. The number of hydrogen-bond acceptors (Lipinski definition) is 4. The van der Waals surface area contributed by atoms with Crippen LogP contribution in [0, 0.1) is 0 Å². The van der Waals surface area contributed by atoms with Gasteiger partial charge in [0.2, 0.25) is 0 Å². The van der Waals surface area contributed by atoms with Crippen molar-refractivity contribution in [3.8, 4) is 11.5 Å². The average molecular weight is 326 g/mol. The number of benzene rings is 1. The first kappa shape index (κ1) is 16.3. The summed E-state index contributed by atoms with van der Waals surface area (Å²) in [4.78, 5) is 16.4. The van der Waals surface area contributed by atoms with Gasteiger partial charge in [0.1, 0.15) is 17.1 Å². The van der Waals surface area contributed by atoms with Crippen molar-refractivity contribution in [2.75, 3.05) is 6.54 Å². The zero-order chi connectivity index (χ0) is 17.2. The third-order valence-corrected chi connectivity index (χ3v) is 3.74. The molecule has 0 fully saturated rings. The summed E-state index contributed by atoms with van der Waals surface area (Å²) in [6.45, 7) is 5.98. The Balaban J connectivity index is 1.80. The van der Waals surface area contributed by atoms with Crippen molar-refractivity contribution >= 4 is 6.09 Å². The topological polar surface area (TPSA) is 60.5 Å². The molecule has 2 aromatic rings. The van der Waals surface area contributed by atoms with E-state index in [2.05, 4.69) is 10.3 Å². The lowest BCUT2D eigenvalue weighted by Gasteiger charge is -2.21. The molecule has 1 aromatic heterocycles. The third kappa shape index (κ3) is 3.85. The van der Waals surface area contributed by atoms with Crippen LogP contribution in [0.2, 0.25) is 0 Å². The maximum Gasteiger partial charge on any atom is 0.407 e. The Morgan fingerprint density at radius 2 is 2.00 bits per heavy atom. The van der Waals surface area contributed by atoms with Crippen LogP contribution in [0.1, 0.15) is 37.9 Å². The lowest BCUT2D eigenvalue weighted by Crippen LogP contribution is -2.35. The molecule has 0 bridgehead atoms. The molecule has 24 heavy (non-hydrogen) atoms. The van der Waals surface area contributed by atoms with Gasteiger partial charge in [-0.15, -0.1) is 0 Å². The summed E-state index contributed by atoms with van der Waals surface area (Å²) in [5.41, 5.74) is 1.44. The van der Waals surface area contributed by atoms with Gasteiger partial charge in [-0.05, 0) is 51.0 Å². The van der Waals surface area contributed by atoms with Crippen LogP contribution in [-0.2, 0) is 11.2 Å². The number of alkyl carbamates (subject to hydrolysis) is 1. The van der Waals surface area contributed by atoms with E-state index in [1.807, 2.05) is 57.2 Å². The normalized spacial score (nSPS) is 16.2. The highest BCUT2D eigenvalue weighted by atomic mass is 16.6. The van der Waals surface area contributed by atoms with Crippen LogP contribution in [0.4, 0.5) is 4.79 Å². The van der Waals surface area contributed by atoms with E-state index in [1.165, 1.54) is 0 Å². The highest BCUT2D eigenvalue weighted by Crippen LogP contribution is 2.37. The zero-order valence-electron chi connectivity index (χ0n) is 14.2. The predicted molar refractivity (Wildman–Crippen MR) is 91.4 cm³/mol. The number of fused-ring (bicyclic) bond motifs is 2. The molecule has 3 rings (SSSR count). The second-order valence-electron chi connectivity index (χ2n) is 6.88. The molecule has 126 valence electrons. The lowest BCUT2D eigenvalue weighted by molar-refractivity contribution is 0.0524. The molecule has 0 radical (unpaired) electrons. The van der Waals surface area contributed by atoms with Gasteiger partial charge >= 0.3 is 6.09 Å². The second kappa shape index (κ2) is 6.51. The number of ether oxygens (including phenoxy) is 2. The van der Waals surface area contributed by atoms with E-state index in [0.717, 1.165) is 29.2 Å². The standard InChI is InChI=1S/C19H22N2O3/c1-19(2,3)24-18(22)21-12-14-11-13-7-4-5-8-15(13)23-16-9-6-10-20-17(14)16/h4-10,14H,11-12H2,1-3H3,(H,21,22)/t14-/m1/s1. The summed E-state index contributed by atoms with van der Waals surface area (Å²) in [5.74, 6) is 1.60. The average Bonchev–Trinajstić information content (AvgIpc) is 2.67. The minimum absolute atomic E-state index is 0.0253. The minimum Gasteiger partial charge on any atom is -0.455 e. The van der Waals surface area contributed by atoms with Crippen molar-refractivity contribution in [1.29, 1.82) is 0 Å². The van der Waals surface area contributed by atoms with Gasteiger partial charge in [0.15, 0.2) is 0 Å². The number of pyridine rings is 1. The monoisotopic (exact) mass is 326 g/mol. The molecule has 5 nitrogen and oxygen atoms in total. The van der Waals surface area contributed by atoms with E-state index < -0.39 is 11.7 Å². The first-order chi connectivity index (χ1) is 11.4. The van der Waals surface area contributed by atoms with E-state index in [4.69, 9.17) is 9.47 Å². The maximum absolute atomic E-state index is 12.0. The number of carbonyl (C=O) groups is 1. The van der Waals surface area contributed by atoms with Gasteiger partial charge in [0.25, 0.3) is 0 Å². The molecule has 1 amide bonds. The van der Waals surface area contributed by atoms with Gasteiger partial charge in [0, 0.05) is 18.7 Å². The number of nitrogens with zero attached hydrogens (tertiary/aromatic N) is 1. The van der Waals surface area contributed by atoms with Crippen LogP contribution in [0.25, 0.3) is 0 Å². The molecule has 0 aliphatic carbocycles. The molecule has 0 saturated carbocycles. The number of carbonyl (C=O) groups excluding carboxylic acids is 1. The third-order valence-electron chi connectivity index (χ3n) is 3.74. The maximum atomic E-state index is 12.0. The van der Waals surface area contributed by atoms with Crippen LogP contribution in [0.3, 0.4) is 0 Å². The van der Waals surface area contributed by atoms with Gasteiger partial charge in [-0.2, -0.15) is 0 Å². The number of aromatic nitrogens is 1. The zero-order valence-corrected chi connectivity index (χ0v) is 14.2. The summed E-state index contributed by atoms with van der Waals surface area (Å²) in [7, 11) is 0. The molecule has 0 unspecified atom stereocenters. The van der Waals surface area contributed by atoms with Gasteiger partial charge in [-0.3, -0.25) is 4.98 Å². The number of para-hydroxylation sites is 1. The van der Waals surface area contributed by atoms with Crippen LogP contribution in [0.5, 0.6) is 11.5 Å². The molecule has 5 heteroatoms. The van der Waals surface area contributed by atoms with Gasteiger partial charge in [-0.1, -0.05) is 18.2 Å². The van der Waals surface area contributed by atoms with Gasteiger partial charge in [0.05, 0.1) is 5.69 Å². The van der Waals surface area contributed by atoms with Gasteiger partial charge in [-0.25, -0.2) is 4.79 Å². The van der Waals surface area contributed by atoms with Crippen molar-refractivity contribution in [1.82, 2.24) is 10.3 Å². The summed E-state index contributed by atoms with van der Waals surface area (Å²) >= 11 is 0. The molecule has 1 aromatic carbocycles. The lowest BCUT2D eigenvalue weighted by atomic mass is 9.95. The Kier molecular flexibility index (Phi) is 4.42. The van der Waals surface area contributed by atoms with Crippen LogP contribution in [0.15, 0.2) is 42.6 Å². The smallest absolute Gasteiger partial charge is 0.407 e. The van der Waals surface area contributed by atoms with Crippen molar-refractivity contribution in [3.63, 3.8) is 0 Å². The van der Waals surface area contributed by atoms with E-state index >= 15 is 0 Å². The molecular formula is C19H22N2O3. The van der Waals surface area contributed by atoms with E-state index in [9.17, 15) is 4.79 Å². The fourth-order valence-electron chi connectivity index (χ4n) is 2.74. The van der Waals surface area contributed by atoms with E-state index in [1.54, 1.807) is 6.20 Å². The predicted octanol–water partition coefficient (Wildman–Crippen LogP) is 4.04. The fourth-order valence-corrected chi connectivity index (χ4v) is 2.74. The van der Waals surface area contributed by atoms with Crippen LogP contribution < -0.4 is 10.1 Å². The number of hydrogen-bond donors (Lipinski definition) is 1. The summed E-state index contributed by atoms with van der Waals surface area (Å²) in [6, 6.07) is 11.7. The summed E-state index contributed by atoms with van der Waals surface area (Å²) in [5, 5.41) is 2.85. The number of rotatable bonds is 2. The van der Waals surface area contributed by atoms with Gasteiger partial charge < -0.3 is 14.8 Å². The number of nitrogens with one attached hydrogen (secondary N) is 1. The van der Waals surface area contributed by atoms with Crippen molar-refractivity contribution < 1.29 is 14.3 Å². The molecule has 0 saturated heterocycles. The quantitative estimate of drug-likeness (QED) is 0.905. The number of amides is 1. The SMILES string of the molecule is CC(C)(C)OC(=O)NC[C@H]1Cc2ccccc2Oc2cccnc21. The first-order valence-electron chi connectivity index (χ1n) is 8.10. The minimum atomic E-state index is -0.514. The Hall–Kier alpha value is -2.56. The molecule has 0 spiro atoms. The molecule has 1 aliphatic heterocycles. The molecule has 1 aliphatic rings. The van der Waals surface area contributed by atoms with Crippen LogP contribution >= 0.6 is 0 Å². The van der Waals surface area contributed by atoms with E-state index in [0.29, 0.717) is 6.54 Å². The molecule has 1 atom stereocenters. The van der Waals surface area contributed by atoms with E-state index in [-0.39, 0.29) is 5.92 Å². The highest BCUT2D eigenvalue weighted by molar-refractivity contribution is 5.67.